The Hall–Kier alpha value is -3.25. The minimum atomic E-state index is -0.266. The zero-order valence-corrected chi connectivity index (χ0v) is 15.2. The van der Waals surface area contributed by atoms with E-state index in [0.29, 0.717) is 17.3 Å². The van der Waals surface area contributed by atoms with Crippen LogP contribution in [-0.4, -0.2) is 27.3 Å². The van der Waals surface area contributed by atoms with Gasteiger partial charge >= 0.3 is 6.03 Å². The van der Waals surface area contributed by atoms with Gasteiger partial charge in [0.1, 0.15) is 0 Å². The zero-order chi connectivity index (χ0) is 18.6. The van der Waals surface area contributed by atoms with Gasteiger partial charge in [0, 0.05) is 41.7 Å². The molecule has 2 aromatic heterocycles. The second kappa shape index (κ2) is 7.55. The van der Waals surface area contributed by atoms with Crippen LogP contribution >= 0.6 is 11.6 Å². The first-order valence-corrected chi connectivity index (χ1v) is 8.98. The molecule has 6 nitrogen and oxygen atoms in total. The average molecular weight is 380 g/mol. The third-order valence-corrected chi connectivity index (χ3v) is 4.61. The molecule has 0 aliphatic heterocycles. The van der Waals surface area contributed by atoms with Crippen LogP contribution in [0.2, 0.25) is 5.02 Å². The van der Waals surface area contributed by atoms with Crippen LogP contribution < -0.4 is 10.6 Å². The Morgan fingerprint density at radius 1 is 1.19 bits per heavy atom. The number of carbonyl (C=O) groups is 1. The van der Waals surface area contributed by atoms with Crippen molar-refractivity contribution in [1.29, 1.82) is 0 Å². The summed E-state index contributed by atoms with van der Waals surface area (Å²) in [6.45, 7) is 0.535. The van der Waals surface area contributed by atoms with Crippen molar-refractivity contribution in [3.63, 3.8) is 0 Å². The lowest BCUT2D eigenvalue weighted by Gasteiger charge is -2.10. The molecule has 0 atom stereocenters. The SMILES string of the molecule is O=C(NCCc1c[nH]c2ccccc12)Nc1ccc(-n2cccn2)c(Cl)c1. The van der Waals surface area contributed by atoms with E-state index in [0.717, 1.165) is 17.6 Å². The molecular weight excluding hydrogens is 362 g/mol. The molecule has 2 amide bonds. The summed E-state index contributed by atoms with van der Waals surface area (Å²) in [7, 11) is 0. The number of fused-ring (bicyclic) bond motifs is 1. The maximum atomic E-state index is 12.1. The number of nitrogens with one attached hydrogen (secondary N) is 3. The minimum absolute atomic E-state index is 0.266. The molecule has 7 heteroatoms. The summed E-state index contributed by atoms with van der Waals surface area (Å²) in [5.41, 5.74) is 3.66. The predicted octanol–water partition coefficient (Wildman–Crippen LogP) is 4.37. The summed E-state index contributed by atoms with van der Waals surface area (Å²) in [5.74, 6) is 0. The topological polar surface area (TPSA) is 74.7 Å². The molecule has 0 saturated carbocycles. The number of H-pyrrole nitrogens is 1. The highest BCUT2D eigenvalue weighted by molar-refractivity contribution is 6.32. The maximum absolute atomic E-state index is 12.1. The smallest absolute Gasteiger partial charge is 0.319 e. The molecule has 0 unspecified atom stereocenters. The zero-order valence-electron chi connectivity index (χ0n) is 14.4. The van der Waals surface area contributed by atoms with Crippen LogP contribution in [0.4, 0.5) is 10.5 Å². The van der Waals surface area contributed by atoms with Crippen molar-refractivity contribution < 1.29 is 4.79 Å². The van der Waals surface area contributed by atoms with Gasteiger partial charge in [-0.25, -0.2) is 9.48 Å². The Bertz CT molecular complexity index is 1070. The highest BCUT2D eigenvalue weighted by Gasteiger charge is 2.08. The van der Waals surface area contributed by atoms with Gasteiger partial charge < -0.3 is 15.6 Å². The first-order valence-electron chi connectivity index (χ1n) is 8.60. The largest absolute Gasteiger partial charge is 0.361 e. The monoisotopic (exact) mass is 379 g/mol. The molecule has 0 fully saturated rings. The Morgan fingerprint density at radius 2 is 2.07 bits per heavy atom. The normalized spacial score (nSPS) is 10.9. The lowest BCUT2D eigenvalue weighted by Crippen LogP contribution is -2.30. The Morgan fingerprint density at radius 3 is 2.89 bits per heavy atom. The molecule has 27 heavy (non-hydrogen) atoms. The fraction of sp³-hybridized carbons (Fsp3) is 0.100. The van der Waals surface area contributed by atoms with E-state index < -0.39 is 0 Å². The summed E-state index contributed by atoms with van der Waals surface area (Å²) < 4.78 is 1.67. The second-order valence-corrected chi connectivity index (χ2v) is 6.51. The highest BCUT2D eigenvalue weighted by Crippen LogP contribution is 2.23. The molecule has 2 heterocycles. The number of aromatic amines is 1. The van der Waals surface area contributed by atoms with E-state index in [1.165, 1.54) is 10.9 Å². The van der Waals surface area contributed by atoms with E-state index in [-0.39, 0.29) is 6.03 Å². The molecule has 136 valence electrons. The number of rotatable bonds is 5. The van der Waals surface area contributed by atoms with Crippen LogP contribution in [0.3, 0.4) is 0 Å². The number of anilines is 1. The summed E-state index contributed by atoms with van der Waals surface area (Å²) in [4.78, 5) is 15.4. The quantitative estimate of drug-likeness (QED) is 0.481. The van der Waals surface area contributed by atoms with Gasteiger partial charge in [-0.1, -0.05) is 29.8 Å². The van der Waals surface area contributed by atoms with E-state index in [1.54, 1.807) is 23.0 Å². The van der Waals surface area contributed by atoms with Crippen molar-refractivity contribution in [3.05, 3.63) is 77.7 Å². The Kier molecular flexibility index (Phi) is 4.80. The van der Waals surface area contributed by atoms with Crippen LogP contribution in [0, 0.1) is 0 Å². The first-order chi connectivity index (χ1) is 13.2. The van der Waals surface area contributed by atoms with Crippen molar-refractivity contribution in [1.82, 2.24) is 20.1 Å². The third-order valence-electron chi connectivity index (χ3n) is 4.31. The standard InChI is InChI=1S/C20H18ClN5O/c21-17-12-15(6-7-19(17)26-11-3-9-24-26)25-20(27)22-10-8-14-13-23-18-5-2-1-4-16(14)18/h1-7,9,11-13,23H,8,10H2,(H2,22,25,27). The van der Waals surface area contributed by atoms with E-state index in [1.807, 2.05) is 42.7 Å². The first kappa shape index (κ1) is 17.2. The molecule has 3 N–H and O–H groups in total. The number of nitrogens with zero attached hydrogens (tertiary/aromatic N) is 2. The van der Waals surface area contributed by atoms with E-state index in [9.17, 15) is 4.79 Å². The summed E-state index contributed by atoms with van der Waals surface area (Å²) in [6, 6.07) is 15.0. The van der Waals surface area contributed by atoms with Gasteiger partial charge in [-0.3, -0.25) is 0 Å². The molecule has 4 aromatic rings. The number of para-hydroxylation sites is 1. The van der Waals surface area contributed by atoms with Crippen molar-refractivity contribution in [2.45, 2.75) is 6.42 Å². The van der Waals surface area contributed by atoms with E-state index >= 15 is 0 Å². The van der Waals surface area contributed by atoms with Gasteiger partial charge in [-0.2, -0.15) is 5.10 Å². The van der Waals surface area contributed by atoms with Crippen LogP contribution in [0.1, 0.15) is 5.56 Å². The molecular formula is C20H18ClN5O. The fourth-order valence-corrected chi connectivity index (χ4v) is 3.27. The molecule has 2 aromatic carbocycles. The van der Waals surface area contributed by atoms with Gasteiger partial charge in [-0.05, 0) is 42.3 Å². The van der Waals surface area contributed by atoms with Crippen LogP contribution in [0.5, 0.6) is 0 Å². The second-order valence-electron chi connectivity index (χ2n) is 6.11. The minimum Gasteiger partial charge on any atom is -0.361 e. The van der Waals surface area contributed by atoms with Crippen LogP contribution in [0.25, 0.3) is 16.6 Å². The molecule has 0 aliphatic rings. The maximum Gasteiger partial charge on any atom is 0.319 e. The Labute approximate surface area is 161 Å². The fourth-order valence-electron chi connectivity index (χ4n) is 3.01. The summed E-state index contributed by atoms with van der Waals surface area (Å²) >= 11 is 6.30. The van der Waals surface area contributed by atoms with Crippen molar-refractivity contribution >= 4 is 34.2 Å². The van der Waals surface area contributed by atoms with Crippen LogP contribution in [0.15, 0.2) is 67.1 Å². The number of hydrogen-bond acceptors (Lipinski definition) is 2. The third kappa shape index (κ3) is 3.80. The number of benzene rings is 2. The van der Waals surface area contributed by atoms with Gasteiger partial charge in [0.2, 0.25) is 0 Å². The number of aromatic nitrogens is 3. The summed E-state index contributed by atoms with van der Waals surface area (Å²) in [5, 5.41) is 11.5. The van der Waals surface area contributed by atoms with Crippen molar-refractivity contribution in [2.24, 2.45) is 0 Å². The number of hydrogen-bond donors (Lipinski definition) is 3. The highest BCUT2D eigenvalue weighted by atomic mass is 35.5. The predicted molar refractivity (Wildman–Crippen MR) is 108 cm³/mol. The average Bonchev–Trinajstić information content (AvgIpc) is 3.32. The Balaban J connectivity index is 1.33. The van der Waals surface area contributed by atoms with E-state index in [4.69, 9.17) is 11.6 Å². The van der Waals surface area contributed by atoms with Gasteiger partial charge in [0.15, 0.2) is 0 Å². The molecule has 0 aliphatic carbocycles. The molecule has 0 saturated heterocycles. The molecule has 0 spiro atoms. The van der Waals surface area contributed by atoms with Gasteiger partial charge in [0.05, 0.1) is 10.7 Å². The van der Waals surface area contributed by atoms with Crippen LogP contribution in [-0.2, 0) is 6.42 Å². The summed E-state index contributed by atoms with van der Waals surface area (Å²) in [6.07, 6.45) is 6.23. The number of carbonyl (C=O) groups excluding carboxylic acids is 1. The van der Waals surface area contributed by atoms with Crippen molar-refractivity contribution in [3.8, 4) is 5.69 Å². The number of urea groups is 1. The molecule has 0 radical (unpaired) electrons. The lowest BCUT2D eigenvalue weighted by molar-refractivity contribution is 0.252. The molecule has 4 rings (SSSR count). The molecule has 0 bridgehead atoms. The number of amides is 2. The van der Waals surface area contributed by atoms with Gasteiger partial charge in [0.25, 0.3) is 0 Å². The lowest BCUT2D eigenvalue weighted by atomic mass is 10.1. The van der Waals surface area contributed by atoms with Crippen molar-refractivity contribution in [2.75, 3.05) is 11.9 Å². The number of halogens is 1. The van der Waals surface area contributed by atoms with E-state index in [2.05, 4.69) is 26.8 Å². The van der Waals surface area contributed by atoms with Gasteiger partial charge in [-0.15, -0.1) is 0 Å².